The van der Waals surface area contributed by atoms with E-state index in [2.05, 4.69) is 164 Å². The molecule has 6 rings (SSSR count). The lowest BCUT2D eigenvalue weighted by Gasteiger charge is -2.31. The molecule has 0 atom stereocenters. The summed E-state index contributed by atoms with van der Waals surface area (Å²) in [5.41, 5.74) is 7.36. The van der Waals surface area contributed by atoms with Gasteiger partial charge in [0.25, 0.3) is 0 Å². The predicted octanol–water partition coefficient (Wildman–Crippen LogP) is 8.36. The van der Waals surface area contributed by atoms with Gasteiger partial charge in [-0.05, 0) is 58.7 Å². The standard InChI is InChI=1S/C39H34OP/c40-29-16-30-41(34-23-12-4-13-24-34,35-25-14-5-15-26-35)37-28-27-36(31-17-6-1-7-18-31)38(32-19-8-2-9-20-32)39(37)33-21-10-3-11-22-33/h1-15,17-28,40H,16,29-30H2/q+1. The number of rotatable bonds is 9. The normalized spacial score (nSPS) is 11.3. The van der Waals surface area contributed by atoms with Crippen molar-refractivity contribution in [2.75, 3.05) is 12.8 Å². The van der Waals surface area contributed by atoms with Crippen molar-refractivity contribution in [1.82, 2.24) is 0 Å². The second-order valence-electron chi connectivity index (χ2n) is 10.3. The molecule has 0 radical (unpaired) electrons. The van der Waals surface area contributed by atoms with Crippen LogP contribution in [0.2, 0.25) is 0 Å². The molecule has 0 unspecified atom stereocenters. The van der Waals surface area contributed by atoms with Crippen LogP contribution in [0.15, 0.2) is 164 Å². The van der Waals surface area contributed by atoms with Gasteiger partial charge in [-0.15, -0.1) is 0 Å². The summed E-state index contributed by atoms with van der Waals surface area (Å²) in [6.45, 7) is 0.162. The Balaban J connectivity index is 1.80. The first-order valence-electron chi connectivity index (χ1n) is 14.3. The van der Waals surface area contributed by atoms with Crippen molar-refractivity contribution in [3.63, 3.8) is 0 Å². The van der Waals surface area contributed by atoms with Crippen LogP contribution in [0.4, 0.5) is 0 Å². The lowest BCUT2D eigenvalue weighted by atomic mass is 9.87. The van der Waals surface area contributed by atoms with Crippen molar-refractivity contribution in [2.45, 2.75) is 6.42 Å². The quantitative estimate of drug-likeness (QED) is 0.180. The Morgan fingerprint density at radius 2 is 0.829 bits per heavy atom. The van der Waals surface area contributed by atoms with Gasteiger partial charge in [-0.2, -0.15) is 0 Å². The van der Waals surface area contributed by atoms with Crippen molar-refractivity contribution in [3.05, 3.63) is 164 Å². The summed E-state index contributed by atoms with van der Waals surface area (Å²) < 4.78 is 0. The third-order valence-electron chi connectivity index (χ3n) is 7.85. The Hall–Kier alpha value is -4.29. The van der Waals surface area contributed by atoms with Crippen LogP contribution in [0.1, 0.15) is 6.42 Å². The highest BCUT2D eigenvalue weighted by molar-refractivity contribution is 7.96. The molecular weight excluding hydrogens is 515 g/mol. The number of aliphatic hydroxyl groups excluding tert-OH is 1. The fraction of sp³-hybridized carbons (Fsp3) is 0.0769. The monoisotopic (exact) mass is 549 g/mol. The van der Waals surface area contributed by atoms with Crippen LogP contribution in [0.25, 0.3) is 33.4 Å². The van der Waals surface area contributed by atoms with E-state index >= 15 is 0 Å². The van der Waals surface area contributed by atoms with E-state index in [1.807, 2.05) is 0 Å². The van der Waals surface area contributed by atoms with E-state index in [4.69, 9.17) is 0 Å². The van der Waals surface area contributed by atoms with Crippen LogP contribution in [-0.2, 0) is 0 Å². The van der Waals surface area contributed by atoms with E-state index < -0.39 is 7.26 Å². The lowest BCUT2D eigenvalue weighted by molar-refractivity contribution is 0.296. The van der Waals surface area contributed by atoms with E-state index in [0.29, 0.717) is 0 Å². The van der Waals surface area contributed by atoms with Gasteiger partial charge in [-0.25, -0.2) is 0 Å². The van der Waals surface area contributed by atoms with Gasteiger partial charge >= 0.3 is 0 Å². The summed E-state index contributed by atoms with van der Waals surface area (Å²) >= 11 is 0. The molecule has 0 aliphatic heterocycles. The molecule has 1 nitrogen and oxygen atoms in total. The summed E-state index contributed by atoms with van der Waals surface area (Å²) in [7, 11) is -2.19. The first-order valence-corrected chi connectivity index (χ1v) is 16.2. The molecule has 0 bridgehead atoms. The molecule has 1 N–H and O–H groups in total. The molecule has 0 aliphatic carbocycles. The van der Waals surface area contributed by atoms with Crippen LogP contribution < -0.4 is 15.9 Å². The van der Waals surface area contributed by atoms with Gasteiger partial charge < -0.3 is 5.11 Å². The van der Waals surface area contributed by atoms with E-state index in [1.54, 1.807) is 0 Å². The molecule has 200 valence electrons. The molecule has 41 heavy (non-hydrogen) atoms. The molecule has 0 fully saturated rings. The molecular formula is C39H34OP+. The first kappa shape index (κ1) is 26.9. The molecule has 0 spiro atoms. The SMILES string of the molecule is OCCC[P+](c1ccccc1)(c1ccccc1)c1ccc(-c2ccccc2)c(-c2ccccc2)c1-c1ccccc1. The number of benzene rings is 6. The maximum absolute atomic E-state index is 10.2. The van der Waals surface area contributed by atoms with Gasteiger partial charge in [0.1, 0.15) is 23.2 Å². The second kappa shape index (κ2) is 12.5. The van der Waals surface area contributed by atoms with Crippen molar-refractivity contribution in [2.24, 2.45) is 0 Å². The van der Waals surface area contributed by atoms with Crippen molar-refractivity contribution >= 4 is 23.2 Å². The van der Waals surface area contributed by atoms with Crippen molar-refractivity contribution in [3.8, 4) is 33.4 Å². The smallest absolute Gasteiger partial charge is 0.113 e. The fourth-order valence-corrected chi connectivity index (χ4v) is 10.6. The molecule has 0 heterocycles. The first-order chi connectivity index (χ1) is 20.3. The summed E-state index contributed by atoms with van der Waals surface area (Å²) in [6.07, 6.45) is 1.61. The summed E-state index contributed by atoms with van der Waals surface area (Å²) in [6, 6.07) is 59.1. The lowest BCUT2D eigenvalue weighted by Crippen LogP contribution is -2.35. The van der Waals surface area contributed by atoms with Crippen LogP contribution in [0.5, 0.6) is 0 Å². The zero-order valence-electron chi connectivity index (χ0n) is 23.1. The molecule has 0 amide bonds. The number of hydrogen-bond donors (Lipinski definition) is 1. The summed E-state index contributed by atoms with van der Waals surface area (Å²) in [5.74, 6) is 0. The number of hydrogen-bond acceptors (Lipinski definition) is 1. The van der Waals surface area contributed by atoms with Crippen molar-refractivity contribution in [1.29, 1.82) is 0 Å². The number of aliphatic hydroxyl groups is 1. The molecule has 0 aliphatic rings. The van der Waals surface area contributed by atoms with Gasteiger partial charge in [0, 0.05) is 24.2 Å². The molecule has 0 saturated carbocycles. The highest BCUT2D eigenvalue weighted by Gasteiger charge is 2.47. The average molecular weight is 550 g/mol. The molecule has 2 heteroatoms. The van der Waals surface area contributed by atoms with Crippen LogP contribution in [0, 0.1) is 0 Å². The third kappa shape index (κ3) is 5.27. The summed E-state index contributed by atoms with van der Waals surface area (Å²) in [5, 5.41) is 14.2. The van der Waals surface area contributed by atoms with E-state index in [9.17, 15) is 5.11 Å². The minimum absolute atomic E-state index is 0.162. The zero-order valence-corrected chi connectivity index (χ0v) is 24.0. The van der Waals surface area contributed by atoms with Gasteiger partial charge in [-0.3, -0.25) is 0 Å². The Kier molecular flexibility index (Phi) is 8.19. The highest BCUT2D eigenvalue weighted by Crippen LogP contribution is 2.59. The third-order valence-corrected chi connectivity index (χ3v) is 12.4. The van der Waals surface area contributed by atoms with E-state index in [0.717, 1.165) is 12.6 Å². The van der Waals surface area contributed by atoms with Gasteiger partial charge in [0.05, 0.1) is 6.16 Å². The van der Waals surface area contributed by atoms with Crippen LogP contribution in [-0.4, -0.2) is 17.9 Å². The van der Waals surface area contributed by atoms with Gasteiger partial charge in [0.15, 0.2) is 0 Å². The van der Waals surface area contributed by atoms with Crippen LogP contribution in [0.3, 0.4) is 0 Å². The topological polar surface area (TPSA) is 20.2 Å². The average Bonchev–Trinajstić information content (AvgIpc) is 3.07. The zero-order chi connectivity index (χ0) is 27.9. The second-order valence-corrected chi connectivity index (χ2v) is 13.8. The fourth-order valence-electron chi connectivity index (χ4n) is 6.05. The Morgan fingerprint density at radius 1 is 0.415 bits per heavy atom. The minimum Gasteiger partial charge on any atom is -0.396 e. The Labute approximate surface area is 244 Å². The largest absolute Gasteiger partial charge is 0.396 e. The summed E-state index contributed by atoms with van der Waals surface area (Å²) in [4.78, 5) is 0. The van der Waals surface area contributed by atoms with Gasteiger partial charge in [0.2, 0.25) is 0 Å². The van der Waals surface area contributed by atoms with Crippen molar-refractivity contribution < 1.29 is 5.11 Å². The van der Waals surface area contributed by atoms with Crippen LogP contribution >= 0.6 is 7.26 Å². The van der Waals surface area contributed by atoms with E-state index in [-0.39, 0.29) is 6.61 Å². The van der Waals surface area contributed by atoms with E-state index in [1.165, 1.54) is 49.3 Å². The minimum atomic E-state index is -2.19. The molecule has 6 aromatic rings. The maximum atomic E-state index is 10.2. The molecule has 6 aromatic carbocycles. The Bertz CT molecular complexity index is 1640. The predicted molar refractivity (Wildman–Crippen MR) is 178 cm³/mol. The Morgan fingerprint density at radius 3 is 1.29 bits per heavy atom. The highest BCUT2D eigenvalue weighted by atomic mass is 31.2. The van der Waals surface area contributed by atoms with Gasteiger partial charge in [-0.1, -0.05) is 127 Å². The maximum Gasteiger partial charge on any atom is 0.113 e. The molecule has 0 saturated heterocycles. The molecule has 0 aromatic heterocycles.